The molecule has 0 spiro atoms. The molecular weight excluding hydrogens is 236 g/mol. The van der Waals surface area contributed by atoms with Crippen molar-refractivity contribution in [2.24, 2.45) is 0 Å². The van der Waals surface area contributed by atoms with Gasteiger partial charge in [-0.05, 0) is 25.5 Å². The molecule has 1 rings (SSSR count). The first-order chi connectivity index (χ1) is 8.47. The minimum absolute atomic E-state index is 0.0535. The standard InChI is InChI=1S/C12H16N2O4/c1-3-5-8(2)13-10-7-4-6-9(12(15)16)11(10)14(17)18/h4,6-8,13H,3,5H2,1-2H3,(H,15,16). The molecule has 1 unspecified atom stereocenters. The highest BCUT2D eigenvalue weighted by Gasteiger charge is 2.24. The van der Waals surface area contributed by atoms with Crippen LogP contribution in [0.25, 0.3) is 0 Å². The summed E-state index contributed by atoms with van der Waals surface area (Å²) in [5.74, 6) is -1.30. The lowest BCUT2D eigenvalue weighted by atomic mass is 10.1. The average molecular weight is 252 g/mol. The Bertz CT molecular complexity index is 459. The summed E-state index contributed by atoms with van der Waals surface area (Å²) in [4.78, 5) is 21.3. The summed E-state index contributed by atoms with van der Waals surface area (Å²) in [7, 11) is 0. The van der Waals surface area contributed by atoms with E-state index in [1.165, 1.54) is 18.2 Å². The lowest BCUT2D eigenvalue weighted by molar-refractivity contribution is -0.384. The smallest absolute Gasteiger partial charge is 0.342 e. The Morgan fingerprint density at radius 3 is 2.72 bits per heavy atom. The van der Waals surface area contributed by atoms with Crippen LogP contribution in [-0.2, 0) is 0 Å². The molecule has 0 saturated heterocycles. The molecule has 0 aliphatic carbocycles. The van der Waals surface area contributed by atoms with E-state index in [-0.39, 0.29) is 23.0 Å². The predicted octanol–water partition coefficient (Wildman–Crippen LogP) is 2.89. The molecule has 0 aliphatic heterocycles. The number of nitro groups is 1. The Hall–Kier alpha value is -2.11. The molecule has 0 aliphatic rings. The number of para-hydroxylation sites is 1. The van der Waals surface area contributed by atoms with Crippen molar-refractivity contribution in [3.8, 4) is 0 Å². The second kappa shape index (κ2) is 6.00. The Kier molecular flexibility index (Phi) is 4.65. The Morgan fingerprint density at radius 2 is 2.22 bits per heavy atom. The molecule has 98 valence electrons. The van der Waals surface area contributed by atoms with Crippen molar-refractivity contribution in [2.45, 2.75) is 32.7 Å². The van der Waals surface area contributed by atoms with Crippen LogP contribution in [0, 0.1) is 10.1 Å². The van der Waals surface area contributed by atoms with Gasteiger partial charge in [-0.25, -0.2) is 4.79 Å². The molecule has 0 aromatic heterocycles. The van der Waals surface area contributed by atoms with Gasteiger partial charge in [-0.1, -0.05) is 19.4 Å². The van der Waals surface area contributed by atoms with E-state index in [1.54, 1.807) is 0 Å². The Labute approximate surface area is 105 Å². The highest BCUT2D eigenvalue weighted by molar-refractivity contribution is 5.95. The molecule has 0 amide bonds. The quantitative estimate of drug-likeness (QED) is 0.599. The molecule has 1 aromatic carbocycles. The third-order valence-electron chi connectivity index (χ3n) is 2.57. The third-order valence-corrected chi connectivity index (χ3v) is 2.57. The van der Waals surface area contributed by atoms with Gasteiger partial charge in [0.2, 0.25) is 0 Å². The maximum absolute atomic E-state index is 11.0. The summed E-state index contributed by atoms with van der Waals surface area (Å²) in [5.41, 5.74) is -0.428. The van der Waals surface area contributed by atoms with Gasteiger partial charge in [-0.3, -0.25) is 10.1 Å². The zero-order chi connectivity index (χ0) is 13.7. The van der Waals surface area contributed by atoms with Crippen LogP contribution < -0.4 is 5.32 Å². The number of hydrogen-bond donors (Lipinski definition) is 2. The van der Waals surface area contributed by atoms with Gasteiger partial charge in [0.1, 0.15) is 11.3 Å². The molecule has 1 aromatic rings. The van der Waals surface area contributed by atoms with Crippen LogP contribution in [0.2, 0.25) is 0 Å². The topological polar surface area (TPSA) is 92.5 Å². The SMILES string of the molecule is CCCC(C)Nc1cccc(C(=O)O)c1[N+](=O)[O-]. The van der Waals surface area contributed by atoms with E-state index >= 15 is 0 Å². The normalized spacial score (nSPS) is 11.9. The Morgan fingerprint density at radius 1 is 1.56 bits per heavy atom. The van der Waals surface area contributed by atoms with E-state index in [0.29, 0.717) is 0 Å². The number of anilines is 1. The van der Waals surface area contributed by atoms with E-state index in [4.69, 9.17) is 5.11 Å². The molecule has 6 heteroatoms. The zero-order valence-electron chi connectivity index (χ0n) is 10.3. The van der Waals surface area contributed by atoms with Gasteiger partial charge in [0.25, 0.3) is 0 Å². The molecule has 0 radical (unpaired) electrons. The molecule has 0 bridgehead atoms. The monoisotopic (exact) mass is 252 g/mol. The van der Waals surface area contributed by atoms with Gasteiger partial charge in [-0.2, -0.15) is 0 Å². The van der Waals surface area contributed by atoms with E-state index in [9.17, 15) is 14.9 Å². The highest BCUT2D eigenvalue weighted by Crippen LogP contribution is 2.29. The van der Waals surface area contributed by atoms with Crippen molar-refractivity contribution in [2.75, 3.05) is 5.32 Å². The number of nitrogens with one attached hydrogen (secondary N) is 1. The predicted molar refractivity (Wildman–Crippen MR) is 68.0 cm³/mol. The third kappa shape index (κ3) is 3.19. The number of rotatable bonds is 6. The fourth-order valence-corrected chi connectivity index (χ4v) is 1.80. The molecule has 0 fully saturated rings. The molecular formula is C12H16N2O4. The second-order valence-electron chi connectivity index (χ2n) is 4.10. The summed E-state index contributed by atoms with van der Waals surface area (Å²) in [5, 5.41) is 22.9. The van der Waals surface area contributed by atoms with E-state index in [1.807, 2.05) is 13.8 Å². The van der Waals surface area contributed by atoms with Crippen LogP contribution >= 0.6 is 0 Å². The summed E-state index contributed by atoms with van der Waals surface area (Å²) >= 11 is 0. The molecule has 2 N–H and O–H groups in total. The molecule has 6 nitrogen and oxygen atoms in total. The number of carboxylic acids is 1. The molecule has 1 atom stereocenters. The number of carbonyl (C=O) groups is 1. The van der Waals surface area contributed by atoms with E-state index < -0.39 is 10.9 Å². The van der Waals surface area contributed by atoms with Crippen molar-refractivity contribution >= 4 is 17.3 Å². The second-order valence-corrected chi connectivity index (χ2v) is 4.10. The van der Waals surface area contributed by atoms with Crippen molar-refractivity contribution < 1.29 is 14.8 Å². The largest absolute Gasteiger partial charge is 0.477 e. The fraction of sp³-hybridized carbons (Fsp3) is 0.417. The molecule has 0 saturated carbocycles. The van der Waals surface area contributed by atoms with Crippen LogP contribution in [0.5, 0.6) is 0 Å². The molecule has 18 heavy (non-hydrogen) atoms. The van der Waals surface area contributed by atoms with Crippen LogP contribution in [0.4, 0.5) is 11.4 Å². The number of nitrogens with zero attached hydrogens (tertiary/aromatic N) is 1. The first-order valence-electron chi connectivity index (χ1n) is 5.74. The van der Waals surface area contributed by atoms with Gasteiger partial charge in [0.05, 0.1) is 4.92 Å². The minimum atomic E-state index is -1.30. The van der Waals surface area contributed by atoms with Crippen molar-refractivity contribution in [3.05, 3.63) is 33.9 Å². The maximum Gasteiger partial charge on any atom is 0.342 e. The van der Waals surface area contributed by atoms with Crippen molar-refractivity contribution in [1.29, 1.82) is 0 Å². The van der Waals surface area contributed by atoms with Crippen LogP contribution in [0.3, 0.4) is 0 Å². The zero-order valence-corrected chi connectivity index (χ0v) is 10.3. The first kappa shape index (κ1) is 14.0. The average Bonchev–Trinajstić information content (AvgIpc) is 2.28. The summed E-state index contributed by atoms with van der Waals surface area (Å²) in [6, 6.07) is 4.31. The van der Waals surface area contributed by atoms with E-state index in [0.717, 1.165) is 12.8 Å². The fourth-order valence-electron chi connectivity index (χ4n) is 1.80. The first-order valence-corrected chi connectivity index (χ1v) is 5.74. The van der Waals surface area contributed by atoms with Gasteiger partial charge in [0, 0.05) is 6.04 Å². The van der Waals surface area contributed by atoms with Gasteiger partial charge in [-0.15, -0.1) is 0 Å². The number of hydrogen-bond acceptors (Lipinski definition) is 4. The maximum atomic E-state index is 11.0. The van der Waals surface area contributed by atoms with Crippen LogP contribution in [0.1, 0.15) is 37.0 Å². The molecule has 0 heterocycles. The van der Waals surface area contributed by atoms with Crippen molar-refractivity contribution in [3.63, 3.8) is 0 Å². The van der Waals surface area contributed by atoms with Crippen LogP contribution in [0.15, 0.2) is 18.2 Å². The van der Waals surface area contributed by atoms with Gasteiger partial charge < -0.3 is 10.4 Å². The lowest BCUT2D eigenvalue weighted by Crippen LogP contribution is -2.16. The number of carboxylic acid groups (broad SMARTS) is 1. The number of nitro benzene ring substituents is 1. The van der Waals surface area contributed by atoms with Crippen LogP contribution in [-0.4, -0.2) is 22.0 Å². The summed E-state index contributed by atoms with van der Waals surface area (Å²) in [6.45, 7) is 3.92. The number of aromatic carboxylic acids is 1. The number of benzene rings is 1. The highest BCUT2D eigenvalue weighted by atomic mass is 16.6. The van der Waals surface area contributed by atoms with Gasteiger partial charge >= 0.3 is 11.7 Å². The van der Waals surface area contributed by atoms with Crippen molar-refractivity contribution in [1.82, 2.24) is 0 Å². The summed E-state index contributed by atoms with van der Waals surface area (Å²) in [6.07, 6.45) is 1.80. The minimum Gasteiger partial charge on any atom is -0.477 e. The summed E-state index contributed by atoms with van der Waals surface area (Å²) < 4.78 is 0. The van der Waals surface area contributed by atoms with Gasteiger partial charge in [0.15, 0.2) is 0 Å². The Balaban J connectivity index is 3.15. The van der Waals surface area contributed by atoms with E-state index in [2.05, 4.69) is 5.32 Å². The lowest BCUT2D eigenvalue weighted by Gasteiger charge is -2.14.